The van der Waals surface area contributed by atoms with Crippen LogP contribution in [-0.4, -0.2) is 14.3 Å². The Hall–Kier alpha value is -1.70. The van der Waals surface area contributed by atoms with Crippen LogP contribution in [0, 0.1) is 6.92 Å². The highest BCUT2D eigenvalue weighted by atomic mass is 79.9. The van der Waals surface area contributed by atoms with E-state index in [1.807, 2.05) is 13.0 Å². The molecule has 5 nitrogen and oxygen atoms in total. The van der Waals surface area contributed by atoms with Crippen molar-refractivity contribution < 1.29 is 13.2 Å². The minimum absolute atomic E-state index is 0.0483. The molecule has 0 unspecified atom stereocenters. The van der Waals surface area contributed by atoms with Crippen molar-refractivity contribution in [2.45, 2.75) is 11.8 Å². The van der Waals surface area contributed by atoms with Gasteiger partial charge in [0.2, 0.25) is 10.0 Å². The van der Waals surface area contributed by atoms with Crippen LogP contribution in [-0.2, 0) is 10.0 Å². The summed E-state index contributed by atoms with van der Waals surface area (Å²) in [6.45, 7) is 1.82. The normalized spacial score (nSPS) is 11.2. The van der Waals surface area contributed by atoms with Crippen molar-refractivity contribution in [3.63, 3.8) is 0 Å². The van der Waals surface area contributed by atoms with Gasteiger partial charge in [-0.25, -0.2) is 13.6 Å². The lowest BCUT2D eigenvalue weighted by atomic mass is 10.1. The number of amides is 1. The van der Waals surface area contributed by atoms with Crippen molar-refractivity contribution in [3.8, 4) is 0 Å². The average Bonchev–Trinajstić information content (AvgIpc) is 2.37. The summed E-state index contributed by atoms with van der Waals surface area (Å²) in [5.41, 5.74) is 1.69. The van der Waals surface area contributed by atoms with Crippen molar-refractivity contribution in [1.82, 2.24) is 0 Å². The maximum atomic E-state index is 12.2. The molecule has 0 saturated heterocycles. The molecular formula is C14H13BrN2O3S. The molecule has 0 aliphatic carbocycles. The van der Waals surface area contributed by atoms with E-state index in [-0.39, 0.29) is 10.8 Å². The van der Waals surface area contributed by atoms with E-state index in [4.69, 9.17) is 5.14 Å². The summed E-state index contributed by atoms with van der Waals surface area (Å²) < 4.78 is 23.5. The number of rotatable bonds is 3. The van der Waals surface area contributed by atoms with Crippen LogP contribution in [0.1, 0.15) is 15.9 Å². The number of hydrogen-bond acceptors (Lipinski definition) is 3. The van der Waals surface area contributed by atoms with E-state index in [2.05, 4.69) is 21.2 Å². The third kappa shape index (κ3) is 3.90. The number of sulfonamides is 1. The van der Waals surface area contributed by atoms with E-state index in [1.165, 1.54) is 18.2 Å². The molecular weight excluding hydrogens is 356 g/mol. The summed E-state index contributed by atoms with van der Waals surface area (Å²) in [5.74, 6) is -0.313. The number of benzene rings is 2. The van der Waals surface area contributed by atoms with Crippen molar-refractivity contribution >= 4 is 37.5 Å². The number of nitrogens with one attached hydrogen (secondary N) is 1. The van der Waals surface area contributed by atoms with Gasteiger partial charge in [-0.1, -0.05) is 22.0 Å². The number of aryl methyl sites for hydroxylation is 1. The molecule has 2 aromatic rings. The number of halogens is 1. The molecule has 0 aliphatic rings. The van der Waals surface area contributed by atoms with Gasteiger partial charge in [0.15, 0.2) is 0 Å². The Morgan fingerprint density at radius 1 is 1.19 bits per heavy atom. The second-order valence-electron chi connectivity index (χ2n) is 4.49. The lowest BCUT2D eigenvalue weighted by Crippen LogP contribution is -2.15. The van der Waals surface area contributed by atoms with Crippen LogP contribution in [0.3, 0.4) is 0 Å². The molecule has 110 valence electrons. The van der Waals surface area contributed by atoms with Gasteiger partial charge in [-0.05, 0) is 48.9 Å². The maximum Gasteiger partial charge on any atom is 0.255 e. The third-order valence-corrected chi connectivity index (χ3v) is 4.26. The smallest absolute Gasteiger partial charge is 0.255 e. The Labute approximate surface area is 131 Å². The Morgan fingerprint density at radius 2 is 1.90 bits per heavy atom. The molecule has 2 rings (SSSR count). The SMILES string of the molecule is Cc1cc(Br)ccc1C(=O)Nc1cccc(S(N)(=O)=O)c1. The number of carbonyl (C=O) groups is 1. The van der Waals surface area contributed by atoms with E-state index in [0.717, 1.165) is 10.0 Å². The predicted molar refractivity (Wildman–Crippen MR) is 84.6 cm³/mol. The summed E-state index contributed by atoms with van der Waals surface area (Å²) in [4.78, 5) is 12.2. The quantitative estimate of drug-likeness (QED) is 0.872. The van der Waals surface area contributed by atoms with Crippen LogP contribution in [0.4, 0.5) is 5.69 Å². The van der Waals surface area contributed by atoms with Gasteiger partial charge >= 0.3 is 0 Å². The molecule has 7 heteroatoms. The van der Waals surface area contributed by atoms with Gasteiger partial charge in [0.05, 0.1) is 4.90 Å². The zero-order chi connectivity index (χ0) is 15.6. The van der Waals surface area contributed by atoms with Gasteiger partial charge < -0.3 is 5.32 Å². The molecule has 0 saturated carbocycles. The summed E-state index contributed by atoms with van der Waals surface area (Å²) in [6, 6.07) is 11.1. The van der Waals surface area contributed by atoms with Gasteiger partial charge in [0, 0.05) is 15.7 Å². The molecule has 0 fully saturated rings. The van der Waals surface area contributed by atoms with E-state index in [9.17, 15) is 13.2 Å². The molecule has 0 atom stereocenters. The second kappa shape index (κ2) is 5.97. The summed E-state index contributed by atoms with van der Waals surface area (Å²) in [6.07, 6.45) is 0. The average molecular weight is 369 g/mol. The Morgan fingerprint density at radius 3 is 2.52 bits per heavy atom. The number of carbonyl (C=O) groups excluding carboxylic acids is 1. The molecule has 21 heavy (non-hydrogen) atoms. The van der Waals surface area contributed by atoms with Crippen molar-refractivity contribution in [2.24, 2.45) is 5.14 Å². The fourth-order valence-corrected chi connectivity index (χ4v) is 2.87. The fraction of sp³-hybridized carbons (Fsp3) is 0.0714. The molecule has 3 N–H and O–H groups in total. The molecule has 0 aliphatic heterocycles. The van der Waals surface area contributed by atoms with Crippen molar-refractivity contribution in [1.29, 1.82) is 0 Å². The van der Waals surface area contributed by atoms with Gasteiger partial charge in [0.1, 0.15) is 0 Å². The van der Waals surface area contributed by atoms with Crippen LogP contribution in [0.2, 0.25) is 0 Å². The molecule has 1 amide bonds. The molecule has 0 bridgehead atoms. The minimum atomic E-state index is -3.80. The Bertz CT molecular complexity index is 804. The number of hydrogen-bond donors (Lipinski definition) is 2. The van der Waals surface area contributed by atoms with Crippen LogP contribution in [0.25, 0.3) is 0 Å². The number of anilines is 1. The highest BCUT2D eigenvalue weighted by Gasteiger charge is 2.12. The van der Waals surface area contributed by atoms with E-state index >= 15 is 0 Å². The van der Waals surface area contributed by atoms with Crippen molar-refractivity contribution in [3.05, 3.63) is 58.1 Å². The second-order valence-corrected chi connectivity index (χ2v) is 6.96. The Balaban J connectivity index is 2.28. The first-order valence-electron chi connectivity index (χ1n) is 5.98. The van der Waals surface area contributed by atoms with Gasteiger partial charge in [-0.3, -0.25) is 4.79 Å². The third-order valence-electron chi connectivity index (χ3n) is 2.85. The van der Waals surface area contributed by atoms with E-state index in [1.54, 1.807) is 18.2 Å². The predicted octanol–water partition coefficient (Wildman–Crippen LogP) is 2.66. The lowest BCUT2D eigenvalue weighted by molar-refractivity contribution is 0.102. The maximum absolute atomic E-state index is 12.2. The zero-order valence-electron chi connectivity index (χ0n) is 11.1. The first kappa shape index (κ1) is 15.7. The fourth-order valence-electron chi connectivity index (χ4n) is 1.83. The highest BCUT2D eigenvalue weighted by molar-refractivity contribution is 9.10. The van der Waals surface area contributed by atoms with Gasteiger partial charge in [-0.15, -0.1) is 0 Å². The van der Waals surface area contributed by atoms with E-state index < -0.39 is 10.0 Å². The number of primary sulfonamides is 1. The minimum Gasteiger partial charge on any atom is -0.322 e. The van der Waals surface area contributed by atoms with Crippen LogP contribution in [0.5, 0.6) is 0 Å². The first-order valence-corrected chi connectivity index (χ1v) is 8.31. The monoisotopic (exact) mass is 368 g/mol. The molecule has 0 heterocycles. The first-order chi connectivity index (χ1) is 9.77. The molecule has 2 aromatic carbocycles. The van der Waals surface area contributed by atoms with E-state index in [0.29, 0.717) is 11.3 Å². The molecule has 0 aromatic heterocycles. The number of nitrogens with two attached hydrogens (primary N) is 1. The zero-order valence-corrected chi connectivity index (χ0v) is 13.5. The van der Waals surface area contributed by atoms with Gasteiger partial charge in [-0.2, -0.15) is 0 Å². The lowest BCUT2D eigenvalue weighted by Gasteiger charge is -2.09. The largest absolute Gasteiger partial charge is 0.322 e. The van der Waals surface area contributed by atoms with Crippen LogP contribution in [0.15, 0.2) is 51.8 Å². The molecule has 0 radical (unpaired) electrons. The molecule has 0 spiro atoms. The summed E-state index contributed by atoms with van der Waals surface area (Å²) >= 11 is 3.33. The van der Waals surface area contributed by atoms with Crippen LogP contribution >= 0.6 is 15.9 Å². The summed E-state index contributed by atoms with van der Waals surface area (Å²) in [7, 11) is -3.80. The van der Waals surface area contributed by atoms with Crippen molar-refractivity contribution in [2.75, 3.05) is 5.32 Å². The Kier molecular flexibility index (Phi) is 4.46. The summed E-state index contributed by atoms with van der Waals surface area (Å²) in [5, 5.41) is 7.72. The standard InChI is InChI=1S/C14H13BrN2O3S/c1-9-7-10(15)5-6-13(9)14(18)17-11-3-2-4-12(8-11)21(16,19)20/h2-8H,1H3,(H,17,18)(H2,16,19,20). The topological polar surface area (TPSA) is 89.3 Å². The highest BCUT2D eigenvalue weighted by Crippen LogP contribution is 2.19. The van der Waals surface area contributed by atoms with Crippen LogP contribution < -0.4 is 10.5 Å². The van der Waals surface area contributed by atoms with Gasteiger partial charge in [0.25, 0.3) is 5.91 Å².